The number of carbonyl (C=O) groups is 2. The topological polar surface area (TPSA) is 123 Å². The maximum Gasteiger partial charge on any atom is 0.305 e. The molecule has 2 aliphatic rings. The lowest BCUT2D eigenvalue weighted by molar-refractivity contribution is -0.385. The van der Waals surface area contributed by atoms with Crippen molar-refractivity contribution in [2.45, 2.75) is 29.7 Å². The zero-order valence-corrected chi connectivity index (χ0v) is 23.2. The molecule has 9 nitrogen and oxygen atoms in total. The number of imide groups is 1. The molecule has 2 amide bonds. The molecule has 3 heterocycles. The number of non-ortho nitro benzene ring substituents is 1. The third kappa shape index (κ3) is 4.59. The van der Waals surface area contributed by atoms with Crippen LogP contribution in [0.1, 0.15) is 27.5 Å². The van der Waals surface area contributed by atoms with Crippen molar-refractivity contribution in [2.24, 2.45) is 5.92 Å². The molecule has 1 fully saturated rings. The number of nitro groups is 1. The van der Waals surface area contributed by atoms with Gasteiger partial charge in [0.25, 0.3) is 5.69 Å². The lowest BCUT2D eigenvalue weighted by Crippen LogP contribution is -2.32. The monoisotopic (exact) mass is 593 g/mol. The Morgan fingerprint density at radius 2 is 1.82 bits per heavy atom. The van der Waals surface area contributed by atoms with E-state index < -0.39 is 33.8 Å². The zero-order valence-electron chi connectivity index (χ0n) is 20.8. The summed E-state index contributed by atoms with van der Waals surface area (Å²) in [4.78, 5) is 55.5. The van der Waals surface area contributed by atoms with Crippen LogP contribution in [0.15, 0.2) is 76.6 Å². The number of amides is 2. The van der Waals surface area contributed by atoms with E-state index in [9.17, 15) is 24.5 Å². The number of aromatic amines is 1. The highest BCUT2D eigenvalue weighted by molar-refractivity contribution is 8.00. The van der Waals surface area contributed by atoms with Crippen LogP contribution >= 0.6 is 34.7 Å². The maximum absolute atomic E-state index is 14.0. The number of nitrogens with one attached hydrogen (secondary N) is 1. The molecule has 4 aromatic rings. The van der Waals surface area contributed by atoms with Gasteiger partial charge in [-0.2, -0.15) is 0 Å². The Morgan fingerprint density at radius 3 is 2.55 bits per heavy atom. The number of nitrogens with zero attached hydrogens (tertiary/aromatic N) is 2. The van der Waals surface area contributed by atoms with Gasteiger partial charge < -0.3 is 9.72 Å². The Labute approximate surface area is 240 Å². The summed E-state index contributed by atoms with van der Waals surface area (Å²) in [5.74, 6) is -2.27. The number of nitro benzene ring substituents is 1. The molecular formula is C28H20ClN3O6S2. The summed E-state index contributed by atoms with van der Waals surface area (Å²) < 4.78 is 6.14. The fourth-order valence-corrected chi connectivity index (χ4v) is 7.83. The summed E-state index contributed by atoms with van der Waals surface area (Å²) in [5.41, 5.74) is 2.36. The van der Waals surface area contributed by atoms with Crippen molar-refractivity contribution in [1.82, 2.24) is 4.98 Å². The molecule has 40 heavy (non-hydrogen) atoms. The molecule has 2 aliphatic heterocycles. The van der Waals surface area contributed by atoms with Crippen LogP contribution in [0, 0.1) is 23.0 Å². The first kappa shape index (κ1) is 26.3. The van der Waals surface area contributed by atoms with Gasteiger partial charge in [-0.25, -0.2) is 4.90 Å². The standard InChI is InChI=1S/C28H20ClN3O6S2/c1-14-5-7-17(8-6-14)31-26(33)22-21(23-25(30-28(35)40-23)39-24(22)27(31)34)19-12-18(32(36)37)9-10-20(19)38-13-15-3-2-4-16(29)11-15/h2-12,21-22,24H,13H2,1H3,(H,30,35)/t21-,22-,24+/m0/s1. The maximum atomic E-state index is 14.0. The van der Waals surface area contributed by atoms with Crippen LogP contribution in [0.4, 0.5) is 11.4 Å². The average molecular weight is 594 g/mol. The van der Waals surface area contributed by atoms with Crippen molar-refractivity contribution >= 4 is 57.9 Å². The number of ether oxygens (including phenoxy) is 1. The lowest BCUT2D eigenvalue weighted by Gasteiger charge is -2.30. The largest absolute Gasteiger partial charge is 0.489 e. The van der Waals surface area contributed by atoms with Gasteiger partial charge in [0.15, 0.2) is 0 Å². The lowest BCUT2D eigenvalue weighted by atomic mass is 9.82. The number of hydrogen-bond donors (Lipinski definition) is 1. The minimum absolute atomic E-state index is 0.111. The smallest absolute Gasteiger partial charge is 0.305 e. The van der Waals surface area contributed by atoms with Crippen LogP contribution in [0.5, 0.6) is 5.75 Å². The Bertz CT molecular complexity index is 1730. The van der Waals surface area contributed by atoms with E-state index in [1.807, 2.05) is 25.1 Å². The second kappa shape index (κ2) is 10.2. The molecule has 0 bridgehead atoms. The van der Waals surface area contributed by atoms with Crippen molar-refractivity contribution in [1.29, 1.82) is 0 Å². The molecular weight excluding hydrogens is 574 g/mol. The second-order valence-electron chi connectivity index (χ2n) is 9.50. The number of hydrogen-bond acceptors (Lipinski definition) is 8. The number of thiazole rings is 1. The first-order valence-electron chi connectivity index (χ1n) is 12.2. The SMILES string of the molecule is Cc1ccc(N2C(=O)[C@H]3[C@H](c4cc([N+](=O)[O-])ccc4OCc4cccc(Cl)c4)c4sc(=O)[nH]c4S[C@H]3C2=O)cc1. The van der Waals surface area contributed by atoms with E-state index in [1.165, 1.54) is 23.1 Å². The highest BCUT2D eigenvalue weighted by Gasteiger charge is 2.57. The normalized spacial score (nSPS) is 19.9. The molecule has 0 saturated carbocycles. The Morgan fingerprint density at radius 1 is 1.05 bits per heavy atom. The van der Waals surface area contributed by atoms with Crippen molar-refractivity contribution < 1.29 is 19.2 Å². The number of H-pyrrole nitrogens is 1. The van der Waals surface area contributed by atoms with Crippen LogP contribution in [-0.2, 0) is 16.2 Å². The van der Waals surface area contributed by atoms with Crippen molar-refractivity contribution in [3.8, 4) is 5.75 Å². The third-order valence-corrected chi connectivity index (χ3v) is 9.57. The van der Waals surface area contributed by atoms with E-state index in [4.69, 9.17) is 16.3 Å². The highest BCUT2D eigenvalue weighted by Crippen LogP contribution is 2.55. The molecule has 3 atom stereocenters. The first-order chi connectivity index (χ1) is 19.2. The summed E-state index contributed by atoms with van der Waals surface area (Å²) in [6, 6.07) is 18.3. The molecule has 12 heteroatoms. The molecule has 1 N–H and O–H groups in total. The van der Waals surface area contributed by atoms with Crippen molar-refractivity contribution in [2.75, 3.05) is 4.90 Å². The molecule has 0 spiro atoms. The van der Waals surface area contributed by atoms with Crippen LogP contribution in [0.2, 0.25) is 5.02 Å². The van der Waals surface area contributed by atoms with Crippen LogP contribution < -0.4 is 14.5 Å². The molecule has 0 unspecified atom stereocenters. The molecule has 0 radical (unpaired) electrons. The Hall–Kier alpha value is -3.93. The Balaban J connectivity index is 1.48. The number of anilines is 1. The number of aromatic nitrogens is 1. The van der Waals surface area contributed by atoms with E-state index in [0.717, 1.165) is 34.2 Å². The quantitative estimate of drug-likeness (QED) is 0.173. The first-order valence-corrected chi connectivity index (χ1v) is 14.3. The molecule has 0 aliphatic carbocycles. The van der Waals surface area contributed by atoms with E-state index in [-0.39, 0.29) is 17.2 Å². The summed E-state index contributed by atoms with van der Waals surface area (Å²) in [7, 11) is 0. The molecule has 3 aromatic carbocycles. The van der Waals surface area contributed by atoms with Crippen LogP contribution in [0.25, 0.3) is 0 Å². The number of carbonyl (C=O) groups excluding carboxylic acids is 2. The van der Waals surface area contributed by atoms with Gasteiger partial charge in [-0.15, -0.1) is 0 Å². The minimum Gasteiger partial charge on any atom is -0.489 e. The Kier molecular flexibility index (Phi) is 6.73. The minimum atomic E-state index is -0.909. The summed E-state index contributed by atoms with van der Waals surface area (Å²) in [5, 5.41) is 12.0. The van der Waals surface area contributed by atoms with Crippen LogP contribution in [0.3, 0.4) is 0 Å². The van der Waals surface area contributed by atoms with Gasteiger partial charge in [-0.05, 0) is 42.8 Å². The highest BCUT2D eigenvalue weighted by atomic mass is 35.5. The van der Waals surface area contributed by atoms with Gasteiger partial charge in [0.05, 0.1) is 21.6 Å². The molecule has 1 aromatic heterocycles. The number of thioether (sulfide) groups is 1. The average Bonchev–Trinajstić information content (AvgIpc) is 3.42. The zero-order chi connectivity index (χ0) is 28.1. The predicted octanol–water partition coefficient (Wildman–Crippen LogP) is 5.68. The number of fused-ring (bicyclic) bond motifs is 2. The van der Waals surface area contributed by atoms with Gasteiger partial charge >= 0.3 is 4.87 Å². The van der Waals surface area contributed by atoms with Gasteiger partial charge in [0, 0.05) is 33.5 Å². The van der Waals surface area contributed by atoms with E-state index in [2.05, 4.69) is 4.98 Å². The fourth-order valence-electron chi connectivity index (χ4n) is 5.11. The summed E-state index contributed by atoms with van der Waals surface area (Å²) in [6.07, 6.45) is 0. The molecule has 202 valence electrons. The van der Waals surface area contributed by atoms with E-state index in [0.29, 0.717) is 31.9 Å². The van der Waals surface area contributed by atoms with Gasteiger partial charge in [-0.3, -0.25) is 24.5 Å². The molecule has 6 rings (SSSR count). The van der Waals surface area contributed by atoms with E-state index >= 15 is 0 Å². The number of rotatable bonds is 6. The summed E-state index contributed by atoms with van der Waals surface area (Å²) in [6.45, 7) is 2.02. The number of benzene rings is 3. The van der Waals surface area contributed by atoms with Crippen molar-refractivity contribution in [3.05, 3.63) is 113 Å². The number of aryl methyl sites for hydroxylation is 1. The summed E-state index contributed by atoms with van der Waals surface area (Å²) >= 11 is 8.19. The van der Waals surface area contributed by atoms with Crippen molar-refractivity contribution in [3.63, 3.8) is 0 Å². The van der Waals surface area contributed by atoms with Gasteiger partial charge in [0.2, 0.25) is 11.8 Å². The van der Waals surface area contributed by atoms with E-state index in [1.54, 1.807) is 30.3 Å². The fraction of sp³-hybridized carbons (Fsp3) is 0.179. The second-order valence-corrected chi connectivity index (χ2v) is 12.1. The number of halogens is 1. The van der Waals surface area contributed by atoms with Gasteiger partial charge in [-0.1, -0.05) is 64.5 Å². The predicted molar refractivity (Wildman–Crippen MR) is 152 cm³/mol. The van der Waals surface area contributed by atoms with Gasteiger partial charge in [0.1, 0.15) is 17.6 Å². The molecule has 1 saturated heterocycles. The van der Waals surface area contributed by atoms with Crippen LogP contribution in [-0.4, -0.2) is 27.0 Å². The third-order valence-electron chi connectivity index (χ3n) is 6.94.